The van der Waals surface area contributed by atoms with Crippen molar-refractivity contribution in [2.45, 2.75) is 64.1 Å². The Morgan fingerprint density at radius 1 is 1.12 bits per heavy atom. The van der Waals surface area contributed by atoms with E-state index in [9.17, 15) is 15.3 Å². The molecule has 5 saturated carbocycles. The molecule has 4 bridgehead atoms. The van der Waals surface area contributed by atoms with E-state index in [2.05, 4.69) is 18.4 Å². The Balaban J connectivity index is 1.62. The minimum atomic E-state index is -0.535. The topological polar surface area (TPSA) is 63.9 Å². The monoisotopic (exact) mass is 361 g/mol. The molecule has 1 spiro atoms. The molecular formula is C22H35NO3. The van der Waals surface area contributed by atoms with Crippen molar-refractivity contribution in [2.75, 3.05) is 26.2 Å². The smallest absolute Gasteiger partial charge is 0.0834 e. The lowest BCUT2D eigenvalue weighted by Crippen LogP contribution is -2.74. The first-order chi connectivity index (χ1) is 12.4. The van der Waals surface area contributed by atoms with E-state index in [1.807, 2.05) is 0 Å². The van der Waals surface area contributed by atoms with Gasteiger partial charge in [0, 0.05) is 25.0 Å². The van der Waals surface area contributed by atoms with E-state index >= 15 is 0 Å². The van der Waals surface area contributed by atoms with Crippen LogP contribution >= 0.6 is 0 Å². The van der Waals surface area contributed by atoms with E-state index < -0.39 is 12.2 Å². The minimum Gasteiger partial charge on any atom is -0.395 e. The van der Waals surface area contributed by atoms with Crippen LogP contribution in [-0.2, 0) is 0 Å². The van der Waals surface area contributed by atoms with Crippen molar-refractivity contribution in [3.63, 3.8) is 0 Å². The molecule has 6 aliphatic rings. The van der Waals surface area contributed by atoms with E-state index in [0.29, 0.717) is 17.8 Å². The number of nitrogens with zero attached hydrogens (tertiary/aromatic N) is 1. The van der Waals surface area contributed by atoms with E-state index in [4.69, 9.17) is 0 Å². The third-order valence-electron chi connectivity index (χ3n) is 9.70. The van der Waals surface area contributed by atoms with Gasteiger partial charge in [-0.05, 0) is 72.7 Å². The lowest BCUT2D eigenvalue weighted by atomic mass is 9.34. The second-order valence-corrected chi connectivity index (χ2v) is 10.6. The van der Waals surface area contributed by atoms with Crippen LogP contribution in [0.1, 0.15) is 51.9 Å². The largest absolute Gasteiger partial charge is 0.395 e. The third-order valence-corrected chi connectivity index (χ3v) is 9.70. The van der Waals surface area contributed by atoms with E-state index in [1.165, 1.54) is 19.3 Å². The Kier molecular flexibility index (Phi) is 3.78. The minimum absolute atomic E-state index is 0.194. The number of likely N-dealkylation sites (tertiary alicyclic amines) is 1. The normalized spacial score (nSPS) is 56.2. The van der Waals surface area contributed by atoms with Crippen LogP contribution in [0.3, 0.4) is 0 Å². The van der Waals surface area contributed by atoms with Gasteiger partial charge in [-0.3, -0.25) is 4.90 Å². The Morgan fingerprint density at radius 3 is 2.69 bits per heavy atom. The number of fused-ring (bicyclic) bond motifs is 2. The molecule has 0 amide bonds. The molecule has 4 heteroatoms. The van der Waals surface area contributed by atoms with Crippen LogP contribution in [-0.4, -0.2) is 58.7 Å². The molecule has 5 aliphatic carbocycles. The predicted molar refractivity (Wildman–Crippen MR) is 100 cm³/mol. The number of β-amino-alcohol motifs (C(OH)–C–C–N with tert-alkyl or cyclic N) is 1. The molecule has 6 rings (SSSR count). The number of hydrogen-bond acceptors (Lipinski definition) is 4. The number of aliphatic hydroxyl groups is 3. The molecule has 146 valence electrons. The summed E-state index contributed by atoms with van der Waals surface area (Å²) in [5.74, 6) is 1.37. The van der Waals surface area contributed by atoms with E-state index in [0.717, 1.165) is 50.9 Å². The standard InChI is InChI=1S/C22H35NO3/c1-14-15-4-7-22(19(14)26)17(10-15)21-6-3-5-20(2,16(21)11-18(22)25)12-23(13-21)8-9-24/h15-19,24-26H,1,3-13H2,2H3/t15-,16?,17?,18+,19-,20-,21-,22+/m0/s1. The first-order valence-electron chi connectivity index (χ1n) is 10.8. The number of aliphatic hydroxyl groups excluding tert-OH is 3. The molecule has 2 unspecified atom stereocenters. The number of hydrogen-bond donors (Lipinski definition) is 3. The van der Waals surface area contributed by atoms with Crippen LogP contribution in [0.5, 0.6) is 0 Å². The average molecular weight is 362 g/mol. The van der Waals surface area contributed by atoms with Crippen LogP contribution in [0.15, 0.2) is 12.2 Å². The molecule has 3 N–H and O–H groups in total. The second-order valence-electron chi connectivity index (χ2n) is 10.6. The van der Waals surface area contributed by atoms with Gasteiger partial charge < -0.3 is 15.3 Å². The van der Waals surface area contributed by atoms with Gasteiger partial charge in [-0.25, -0.2) is 0 Å². The van der Waals surface area contributed by atoms with E-state index in [-0.39, 0.29) is 22.9 Å². The zero-order chi connectivity index (χ0) is 18.3. The fraction of sp³-hybridized carbons (Fsp3) is 0.909. The zero-order valence-electron chi connectivity index (χ0n) is 16.2. The van der Waals surface area contributed by atoms with Gasteiger partial charge in [-0.2, -0.15) is 0 Å². The second kappa shape index (κ2) is 5.56. The van der Waals surface area contributed by atoms with Gasteiger partial charge in [0.1, 0.15) is 0 Å². The highest BCUT2D eigenvalue weighted by atomic mass is 16.3. The van der Waals surface area contributed by atoms with Crippen molar-refractivity contribution in [1.29, 1.82) is 0 Å². The third kappa shape index (κ3) is 1.95. The Labute approximate surface area is 157 Å². The van der Waals surface area contributed by atoms with Crippen molar-refractivity contribution in [2.24, 2.45) is 34.0 Å². The van der Waals surface area contributed by atoms with Gasteiger partial charge in [0.05, 0.1) is 18.8 Å². The van der Waals surface area contributed by atoms with Crippen molar-refractivity contribution < 1.29 is 15.3 Å². The molecule has 1 saturated heterocycles. The van der Waals surface area contributed by atoms with Gasteiger partial charge in [0.25, 0.3) is 0 Å². The van der Waals surface area contributed by atoms with E-state index in [1.54, 1.807) is 0 Å². The average Bonchev–Trinajstić information content (AvgIpc) is 2.60. The molecule has 4 nitrogen and oxygen atoms in total. The molecule has 1 aliphatic heterocycles. The summed E-state index contributed by atoms with van der Waals surface area (Å²) in [4.78, 5) is 2.49. The van der Waals surface area contributed by atoms with Crippen molar-refractivity contribution in [3.8, 4) is 0 Å². The highest BCUT2D eigenvalue weighted by Gasteiger charge is 2.72. The maximum absolute atomic E-state index is 11.4. The number of piperidine rings is 1. The summed E-state index contributed by atoms with van der Waals surface area (Å²) in [6, 6.07) is 0. The maximum Gasteiger partial charge on any atom is 0.0834 e. The summed E-state index contributed by atoms with van der Waals surface area (Å²) >= 11 is 0. The van der Waals surface area contributed by atoms with Crippen LogP contribution in [0.2, 0.25) is 0 Å². The van der Waals surface area contributed by atoms with Crippen molar-refractivity contribution in [1.82, 2.24) is 4.90 Å². The first-order valence-corrected chi connectivity index (χ1v) is 10.8. The van der Waals surface area contributed by atoms with Crippen molar-refractivity contribution in [3.05, 3.63) is 12.2 Å². The zero-order valence-corrected chi connectivity index (χ0v) is 16.2. The van der Waals surface area contributed by atoms with Gasteiger partial charge in [0.2, 0.25) is 0 Å². The summed E-state index contributed by atoms with van der Waals surface area (Å²) in [6.07, 6.45) is 6.77. The van der Waals surface area contributed by atoms with Gasteiger partial charge in [0.15, 0.2) is 0 Å². The summed E-state index contributed by atoms with van der Waals surface area (Å²) in [6.45, 7) is 9.72. The van der Waals surface area contributed by atoms with Gasteiger partial charge >= 0.3 is 0 Å². The van der Waals surface area contributed by atoms with Crippen LogP contribution in [0.25, 0.3) is 0 Å². The SMILES string of the molecule is C=C1[C@H]2CC[C@]3(C(C2)[C@@]24CCC[C@@](C)(CN(CCO)C2)C4C[C@H]3O)[C@H]1O. The Bertz CT molecular complexity index is 623. The Morgan fingerprint density at radius 2 is 1.92 bits per heavy atom. The van der Waals surface area contributed by atoms with Crippen LogP contribution < -0.4 is 0 Å². The maximum atomic E-state index is 11.4. The lowest BCUT2D eigenvalue weighted by molar-refractivity contribution is -0.276. The molecule has 0 aromatic heterocycles. The summed E-state index contributed by atoms with van der Waals surface area (Å²) in [5, 5.41) is 32.2. The van der Waals surface area contributed by atoms with Gasteiger partial charge in [-0.1, -0.05) is 19.9 Å². The van der Waals surface area contributed by atoms with Gasteiger partial charge in [-0.15, -0.1) is 0 Å². The first kappa shape index (κ1) is 17.7. The summed E-state index contributed by atoms with van der Waals surface area (Å²) in [7, 11) is 0. The summed E-state index contributed by atoms with van der Waals surface area (Å²) < 4.78 is 0. The van der Waals surface area contributed by atoms with Crippen molar-refractivity contribution >= 4 is 0 Å². The van der Waals surface area contributed by atoms with Crippen LogP contribution in [0.4, 0.5) is 0 Å². The molecule has 8 atom stereocenters. The molecule has 0 aromatic rings. The highest BCUT2D eigenvalue weighted by molar-refractivity contribution is 5.29. The predicted octanol–water partition coefficient (Wildman–Crippen LogP) is 2.19. The fourth-order valence-electron chi connectivity index (χ4n) is 8.82. The molecule has 26 heavy (non-hydrogen) atoms. The summed E-state index contributed by atoms with van der Waals surface area (Å²) in [5.41, 5.74) is 1.04. The molecule has 0 radical (unpaired) electrons. The lowest BCUT2D eigenvalue weighted by Gasteiger charge is -2.73. The molecule has 6 fully saturated rings. The molecule has 1 heterocycles. The quantitative estimate of drug-likeness (QED) is 0.660. The Hall–Kier alpha value is -0.420. The molecule has 0 aromatic carbocycles. The van der Waals surface area contributed by atoms with Crippen LogP contribution in [0, 0.1) is 34.0 Å². The molecular weight excluding hydrogens is 326 g/mol. The number of rotatable bonds is 2. The highest BCUT2D eigenvalue weighted by Crippen LogP contribution is 2.73. The fourth-order valence-corrected chi connectivity index (χ4v) is 8.82.